The van der Waals surface area contributed by atoms with Crippen LogP contribution in [0.1, 0.15) is 39.0 Å². The zero-order chi connectivity index (χ0) is 22.7. The third-order valence-corrected chi connectivity index (χ3v) is 5.98. The van der Waals surface area contributed by atoms with Crippen LogP contribution in [0.3, 0.4) is 0 Å². The fraction of sp³-hybridized carbons (Fsp3) is 0.269. The van der Waals surface area contributed by atoms with Crippen molar-refractivity contribution < 1.29 is 23.7 Å². The molecule has 1 N–H and O–H groups in total. The summed E-state index contributed by atoms with van der Waals surface area (Å²) in [5.41, 5.74) is 3.80. The van der Waals surface area contributed by atoms with Crippen LogP contribution in [0.25, 0.3) is 0 Å². The maximum Gasteiger partial charge on any atom is 0.251 e. The molecule has 0 saturated carbocycles. The summed E-state index contributed by atoms with van der Waals surface area (Å²) in [6.45, 7) is 0. The monoisotopic (exact) mass is 433 g/mol. The molecule has 0 spiro atoms. The van der Waals surface area contributed by atoms with Crippen molar-refractivity contribution in [1.82, 2.24) is 5.32 Å². The molecule has 166 valence electrons. The second-order valence-electron chi connectivity index (χ2n) is 7.65. The minimum absolute atomic E-state index is 0.00859. The molecule has 0 aromatic heterocycles. The average molecular weight is 434 g/mol. The third kappa shape index (κ3) is 3.96. The topological polar surface area (TPSA) is 66.0 Å². The van der Waals surface area contributed by atoms with Crippen molar-refractivity contribution in [2.75, 3.05) is 28.4 Å². The van der Waals surface area contributed by atoms with Gasteiger partial charge in [0.25, 0.3) is 5.91 Å². The lowest BCUT2D eigenvalue weighted by molar-refractivity contribution is 0.0932. The Hall–Kier alpha value is -3.67. The summed E-state index contributed by atoms with van der Waals surface area (Å²) in [4.78, 5) is 13.1. The molecule has 0 saturated heterocycles. The van der Waals surface area contributed by atoms with Gasteiger partial charge < -0.3 is 24.3 Å². The van der Waals surface area contributed by atoms with E-state index in [-0.39, 0.29) is 17.9 Å². The maximum atomic E-state index is 13.1. The highest BCUT2D eigenvalue weighted by Crippen LogP contribution is 2.47. The second-order valence-corrected chi connectivity index (χ2v) is 7.65. The van der Waals surface area contributed by atoms with Crippen LogP contribution in [0.2, 0.25) is 0 Å². The Balaban J connectivity index is 1.77. The molecule has 6 nitrogen and oxygen atoms in total. The fourth-order valence-electron chi connectivity index (χ4n) is 4.36. The quantitative estimate of drug-likeness (QED) is 0.593. The van der Waals surface area contributed by atoms with E-state index in [1.165, 1.54) is 0 Å². The Labute approximate surface area is 188 Å². The van der Waals surface area contributed by atoms with Crippen molar-refractivity contribution in [3.05, 3.63) is 82.9 Å². The van der Waals surface area contributed by atoms with Crippen LogP contribution in [0.5, 0.6) is 23.0 Å². The van der Waals surface area contributed by atoms with Gasteiger partial charge in [0.05, 0.1) is 34.5 Å². The van der Waals surface area contributed by atoms with Gasteiger partial charge in [-0.2, -0.15) is 0 Å². The van der Waals surface area contributed by atoms with E-state index in [9.17, 15) is 4.79 Å². The smallest absolute Gasteiger partial charge is 0.251 e. The summed E-state index contributed by atoms with van der Waals surface area (Å²) in [7, 11) is 6.47. The largest absolute Gasteiger partial charge is 0.493 e. The highest BCUT2D eigenvalue weighted by molar-refractivity contribution is 5.94. The number of benzene rings is 3. The minimum Gasteiger partial charge on any atom is -0.493 e. The fourth-order valence-corrected chi connectivity index (χ4v) is 4.36. The first-order valence-corrected chi connectivity index (χ1v) is 10.4. The molecule has 0 bridgehead atoms. The summed E-state index contributed by atoms with van der Waals surface area (Å²) in [5.74, 6) is 2.52. The van der Waals surface area contributed by atoms with E-state index in [2.05, 4.69) is 5.32 Å². The van der Waals surface area contributed by atoms with Crippen LogP contribution < -0.4 is 24.3 Å². The molecule has 32 heavy (non-hydrogen) atoms. The summed E-state index contributed by atoms with van der Waals surface area (Å²) < 4.78 is 22.0. The molecule has 2 atom stereocenters. The van der Waals surface area contributed by atoms with Gasteiger partial charge in [-0.15, -0.1) is 0 Å². The maximum absolute atomic E-state index is 13.1. The highest BCUT2D eigenvalue weighted by atomic mass is 16.5. The van der Waals surface area contributed by atoms with Gasteiger partial charge in [0.2, 0.25) is 0 Å². The van der Waals surface area contributed by atoms with E-state index >= 15 is 0 Å². The number of rotatable bonds is 7. The number of carbonyl (C=O) groups excluding carboxylic acids is 1. The van der Waals surface area contributed by atoms with Crippen LogP contribution >= 0.6 is 0 Å². The first kappa shape index (κ1) is 21.6. The van der Waals surface area contributed by atoms with E-state index in [1.54, 1.807) is 28.4 Å². The van der Waals surface area contributed by atoms with Gasteiger partial charge in [-0.25, -0.2) is 0 Å². The molecule has 1 aliphatic rings. The minimum atomic E-state index is -0.240. The molecule has 0 fully saturated rings. The number of hydrogen-bond donors (Lipinski definition) is 1. The van der Waals surface area contributed by atoms with Crippen molar-refractivity contribution in [2.24, 2.45) is 0 Å². The number of ether oxygens (including phenoxy) is 4. The molecule has 4 rings (SSSR count). The van der Waals surface area contributed by atoms with Gasteiger partial charge in [0.15, 0.2) is 23.0 Å². The third-order valence-electron chi connectivity index (χ3n) is 5.98. The standard InChI is InChI=1S/C26H27NO5/c1-29-21-11-10-17(13-22(21)30-2)19-12-18-14-23(31-3)24(32-4)15-20(18)25(19)27-26(28)16-8-6-5-7-9-16/h5-11,13-15,19,25H,12H2,1-4H3,(H,27,28). The Morgan fingerprint density at radius 1 is 0.781 bits per heavy atom. The number of fused-ring (bicyclic) bond motifs is 1. The molecule has 0 aliphatic heterocycles. The van der Waals surface area contributed by atoms with Crippen LogP contribution in [0.4, 0.5) is 0 Å². The molecule has 3 aromatic carbocycles. The van der Waals surface area contributed by atoms with Gasteiger partial charge in [-0.3, -0.25) is 4.79 Å². The van der Waals surface area contributed by atoms with E-state index in [4.69, 9.17) is 18.9 Å². The number of carbonyl (C=O) groups is 1. The molecule has 0 heterocycles. The summed E-state index contributed by atoms with van der Waals surface area (Å²) >= 11 is 0. The Bertz CT molecular complexity index is 1110. The van der Waals surface area contributed by atoms with E-state index < -0.39 is 0 Å². The lowest BCUT2D eigenvalue weighted by atomic mass is 9.91. The molecular weight excluding hydrogens is 406 g/mol. The Kier molecular flexibility index (Phi) is 6.21. The van der Waals surface area contributed by atoms with Crippen LogP contribution in [-0.4, -0.2) is 34.3 Å². The van der Waals surface area contributed by atoms with Crippen LogP contribution in [-0.2, 0) is 6.42 Å². The molecule has 2 unspecified atom stereocenters. The summed E-state index contributed by atoms with van der Waals surface area (Å²) in [6, 6.07) is 18.8. The normalized spacial score (nSPS) is 16.8. The van der Waals surface area contributed by atoms with Crippen molar-refractivity contribution in [1.29, 1.82) is 0 Å². The van der Waals surface area contributed by atoms with Crippen molar-refractivity contribution in [2.45, 2.75) is 18.4 Å². The lowest BCUT2D eigenvalue weighted by Gasteiger charge is -2.23. The SMILES string of the molecule is COc1ccc(C2Cc3cc(OC)c(OC)cc3C2NC(=O)c2ccccc2)cc1OC. The van der Waals surface area contributed by atoms with Gasteiger partial charge >= 0.3 is 0 Å². The predicted octanol–water partition coefficient (Wildman–Crippen LogP) is 4.53. The first-order valence-electron chi connectivity index (χ1n) is 10.4. The van der Waals surface area contributed by atoms with Crippen LogP contribution in [0.15, 0.2) is 60.7 Å². The van der Waals surface area contributed by atoms with E-state index in [0.717, 1.165) is 23.1 Å². The number of hydrogen-bond acceptors (Lipinski definition) is 5. The number of amides is 1. The van der Waals surface area contributed by atoms with Gasteiger partial charge in [-0.1, -0.05) is 24.3 Å². The Morgan fingerprint density at radius 3 is 2.06 bits per heavy atom. The molecule has 0 radical (unpaired) electrons. The number of methoxy groups -OCH3 is 4. The first-order chi connectivity index (χ1) is 15.6. The highest BCUT2D eigenvalue weighted by Gasteiger charge is 2.36. The molecule has 1 aliphatic carbocycles. The Morgan fingerprint density at radius 2 is 1.41 bits per heavy atom. The zero-order valence-electron chi connectivity index (χ0n) is 18.7. The average Bonchev–Trinajstić information content (AvgIpc) is 3.20. The van der Waals surface area contributed by atoms with Crippen molar-refractivity contribution in [3.63, 3.8) is 0 Å². The summed E-state index contributed by atoms with van der Waals surface area (Å²) in [6.07, 6.45) is 0.741. The summed E-state index contributed by atoms with van der Waals surface area (Å²) in [5, 5.41) is 3.25. The van der Waals surface area contributed by atoms with Crippen LogP contribution in [0, 0.1) is 0 Å². The second kappa shape index (κ2) is 9.22. The molecule has 3 aromatic rings. The zero-order valence-corrected chi connectivity index (χ0v) is 18.7. The molecule has 6 heteroatoms. The number of nitrogens with one attached hydrogen (secondary N) is 1. The molecule has 1 amide bonds. The predicted molar refractivity (Wildman–Crippen MR) is 122 cm³/mol. The van der Waals surface area contributed by atoms with Gasteiger partial charge in [-0.05, 0) is 59.5 Å². The van der Waals surface area contributed by atoms with E-state index in [0.29, 0.717) is 28.6 Å². The van der Waals surface area contributed by atoms with E-state index in [1.807, 2.05) is 60.7 Å². The van der Waals surface area contributed by atoms with Crippen molar-refractivity contribution in [3.8, 4) is 23.0 Å². The van der Waals surface area contributed by atoms with Gasteiger partial charge in [0.1, 0.15) is 0 Å². The van der Waals surface area contributed by atoms with Gasteiger partial charge in [0, 0.05) is 11.5 Å². The van der Waals surface area contributed by atoms with Crippen molar-refractivity contribution >= 4 is 5.91 Å². The molecular formula is C26H27NO5. The lowest BCUT2D eigenvalue weighted by Crippen LogP contribution is -2.30.